The highest BCUT2D eigenvalue weighted by atomic mass is 16.5. The van der Waals surface area contributed by atoms with E-state index < -0.39 is 12.1 Å². The van der Waals surface area contributed by atoms with E-state index in [1.54, 1.807) is 0 Å². The van der Waals surface area contributed by atoms with Crippen LogP contribution in [-0.2, 0) is 14.3 Å². The summed E-state index contributed by atoms with van der Waals surface area (Å²) in [4.78, 5) is 24.4. The van der Waals surface area contributed by atoms with E-state index in [2.05, 4.69) is 43.5 Å². The molecule has 0 radical (unpaired) electrons. The molecule has 0 spiro atoms. The van der Waals surface area contributed by atoms with Crippen molar-refractivity contribution in [1.29, 1.82) is 0 Å². The van der Waals surface area contributed by atoms with E-state index >= 15 is 0 Å². The maximum absolute atomic E-state index is 12.4. The van der Waals surface area contributed by atoms with E-state index in [0.29, 0.717) is 25.9 Å². The van der Waals surface area contributed by atoms with Gasteiger partial charge in [-0.2, -0.15) is 0 Å². The minimum Gasteiger partial charge on any atom is -0.466 e. The number of rotatable bonds is 52. The van der Waals surface area contributed by atoms with Crippen LogP contribution in [0.2, 0.25) is 0 Å². The summed E-state index contributed by atoms with van der Waals surface area (Å²) >= 11 is 0. The predicted molar refractivity (Wildman–Crippen MR) is 273 cm³/mol. The van der Waals surface area contributed by atoms with Crippen LogP contribution in [0.4, 0.5) is 0 Å². The number of carbonyl (C=O) groups is 2. The molecule has 63 heavy (non-hydrogen) atoms. The molecule has 0 saturated carbocycles. The number of unbranched alkanes of at least 4 members (excludes halogenated alkanes) is 37. The summed E-state index contributed by atoms with van der Waals surface area (Å²) in [7, 11) is 0. The molecule has 0 aliphatic carbocycles. The lowest BCUT2D eigenvalue weighted by atomic mass is 10.0. The molecule has 2 atom stereocenters. The third-order valence-electron chi connectivity index (χ3n) is 13.0. The van der Waals surface area contributed by atoms with E-state index in [1.165, 1.54) is 225 Å². The van der Waals surface area contributed by atoms with Gasteiger partial charge in [0, 0.05) is 12.8 Å². The van der Waals surface area contributed by atoms with E-state index in [-0.39, 0.29) is 18.5 Å². The lowest BCUT2D eigenvalue weighted by Crippen LogP contribution is -2.45. The number of ether oxygens (including phenoxy) is 1. The van der Waals surface area contributed by atoms with Crippen LogP contribution in [0.5, 0.6) is 0 Å². The lowest BCUT2D eigenvalue weighted by Gasteiger charge is -2.22. The van der Waals surface area contributed by atoms with Gasteiger partial charge in [-0.25, -0.2) is 0 Å². The zero-order chi connectivity index (χ0) is 45.8. The zero-order valence-corrected chi connectivity index (χ0v) is 42.3. The minimum absolute atomic E-state index is 0.00122. The smallest absolute Gasteiger partial charge is 0.305 e. The molecule has 0 bridgehead atoms. The standard InChI is InChI=1S/C57H109NO5/c1-3-5-7-9-11-13-29-33-37-41-45-49-55(60)54(53-59)58-56(61)50-46-42-38-34-31-27-25-23-21-19-17-15-16-18-20-22-24-26-28-32-36-40-44-48-52-63-57(62)51-47-43-39-35-30-14-12-10-8-6-4-2/h10,12,17,19,54-55,59-60H,3-9,11,13-16,18,20-53H2,1-2H3,(H,58,61)/b12-10-,19-17-. The van der Waals surface area contributed by atoms with E-state index in [0.717, 1.165) is 44.9 Å². The predicted octanol–water partition coefficient (Wildman–Crippen LogP) is 17.1. The van der Waals surface area contributed by atoms with Crippen LogP contribution in [0.3, 0.4) is 0 Å². The van der Waals surface area contributed by atoms with Crippen molar-refractivity contribution in [3.8, 4) is 0 Å². The van der Waals surface area contributed by atoms with Crippen molar-refractivity contribution < 1.29 is 24.5 Å². The van der Waals surface area contributed by atoms with E-state index in [1.807, 2.05) is 0 Å². The molecule has 6 nitrogen and oxygen atoms in total. The van der Waals surface area contributed by atoms with Crippen LogP contribution in [-0.4, -0.2) is 47.4 Å². The maximum Gasteiger partial charge on any atom is 0.305 e. The number of amides is 1. The fraction of sp³-hybridized carbons (Fsp3) is 0.895. The number of nitrogens with one attached hydrogen (secondary N) is 1. The molecule has 0 aromatic rings. The number of allylic oxidation sites excluding steroid dienone is 4. The van der Waals surface area contributed by atoms with Crippen molar-refractivity contribution in [1.82, 2.24) is 5.32 Å². The van der Waals surface area contributed by atoms with Crippen molar-refractivity contribution in [3.05, 3.63) is 24.3 Å². The van der Waals surface area contributed by atoms with Crippen LogP contribution in [0.25, 0.3) is 0 Å². The van der Waals surface area contributed by atoms with Gasteiger partial charge in [-0.3, -0.25) is 9.59 Å². The quantitative estimate of drug-likeness (QED) is 0.0321. The Morgan fingerprint density at radius 3 is 1.17 bits per heavy atom. The molecular weight excluding hydrogens is 779 g/mol. The van der Waals surface area contributed by atoms with Gasteiger partial charge in [0.1, 0.15) is 0 Å². The van der Waals surface area contributed by atoms with Crippen molar-refractivity contribution in [2.45, 2.75) is 315 Å². The van der Waals surface area contributed by atoms with Crippen LogP contribution in [0.15, 0.2) is 24.3 Å². The first-order chi connectivity index (χ1) is 31.0. The second-order valence-electron chi connectivity index (χ2n) is 19.3. The van der Waals surface area contributed by atoms with Gasteiger partial charge in [0.15, 0.2) is 0 Å². The van der Waals surface area contributed by atoms with Gasteiger partial charge in [-0.05, 0) is 70.6 Å². The third kappa shape index (κ3) is 49.6. The largest absolute Gasteiger partial charge is 0.466 e. The molecule has 0 aliphatic rings. The molecule has 0 aliphatic heterocycles. The summed E-state index contributed by atoms with van der Waals surface area (Å²) < 4.78 is 5.45. The van der Waals surface area contributed by atoms with Crippen LogP contribution in [0, 0.1) is 0 Å². The van der Waals surface area contributed by atoms with Crippen molar-refractivity contribution >= 4 is 11.9 Å². The van der Waals surface area contributed by atoms with Crippen LogP contribution < -0.4 is 5.32 Å². The summed E-state index contributed by atoms with van der Waals surface area (Å²) in [6.07, 6.45) is 63.2. The number of aliphatic hydroxyl groups is 2. The Kier molecular flexibility index (Phi) is 51.6. The summed E-state index contributed by atoms with van der Waals surface area (Å²) in [5.41, 5.74) is 0. The Morgan fingerprint density at radius 2 is 0.762 bits per heavy atom. The summed E-state index contributed by atoms with van der Waals surface area (Å²) in [5.74, 6) is -0.0391. The molecule has 0 aromatic heterocycles. The summed E-state index contributed by atoms with van der Waals surface area (Å²) in [6.45, 7) is 4.91. The normalized spacial score (nSPS) is 12.8. The number of carbonyl (C=O) groups excluding carboxylic acids is 2. The first kappa shape index (κ1) is 61.3. The number of aliphatic hydroxyl groups excluding tert-OH is 2. The Labute approximate surface area is 392 Å². The molecular formula is C57H109NO5. The highest BCUT2D eigenvalue weighted by Gasteiger charge is 2.20. The monoisotopic (exact) mass is 888 g/mol. The highest BCUT2D eigenvalue weighted by molar-refractivity contribution is 5.76. The van der Waals surface area contributed by atoms with E-state index in [9.17, 15) is 19.8 Å². The summed E-state index contributed by atoms with van der Waals surface area (Å²) in [5, 5.41) is 23.2. The summed E-state index contributed by atoms with van der Waals surface area (Å²) in [6, 6.07) is -0.543. The molecule has 0 saturated heterocycles. The molecule has 3 N–H and O–H groups in total. The van der Waals surface area contributed by atoms with Gasteiger partial charge in [0.25, 0.3) is 0 Å². The maximum atomic E-state index is 12.4. The molecule has 0 rings (SSSR count). The fourth-order valence-corrected chi connectivity index (χ4v) is 8.62. The molecule has 0 fully saturated rings. The highest BCUT2D eigenvalue weighted by Crippen LogP contribution is 2.17. The van der Waals surface area contributed by atoms with Crippen molar-refractivity contribution in [3.63, 3.8) is 0 Å². The average Bonchev–Trinajstić information content (AvgIpc) is 3.28. The van der Waals surface area contributed by atoms with Gasteiger partial charge in [0.2, 0.25) is 5.91 Å². The van der Waals surface area contributed by atoms with Crippen LogP contribution >= 0.6 is 0 Å². The van der Waals surface area contributed by atoms with Crippen LogP contribution in [0.1, 0.15) is 303 Å². The van der Waals surface area contributed by atoms with Crippen molar-refractivity contribution in [2.24, 2.45) is 0 Å². The van der Waals surface area contributed by atoms with Gasteiger partial charge >= 0.3 is 5.97 Å². The molecule has 6 heteroatoms. The van der Waals surface area contributed by atoms with Gasteiger partial charge in [-0.15, -0.1) is 0 Å². The molecule has 0 heterocycles. The molecule has 1 amide bonds. The Morgan fingerprint density at radius 1 is 0.429 bits per heavy atom. The first-order valence-electron chi connectivity index (χ1n) is 28.1. The minimum atomic E-state index is -0.665. The number of hydrogen-bond donors (Lipinski definition) is 3. The van der Waals surface area contributed by atoms with Gasteiger partial charge < -0.3 is 20.3 Å². The third-order valence-corrected chi connectivity index (χ3v) is 13.0. The second kappa shape index (κ2) is 53.0. The molecule has 0 aromatic carbocycles. The van der Waals surface area contributed by atoms with E-state index in [4.69, 9.17) is 4.74 Å². The Bertz CT molecular complexity index is 982. The Hall–Kier alpha value is -1.66. The number of esters is 1. The average molecular weight is 889 g/mol. The van der Waals surface area contributed by atoms with Gasteiger partial charge in [0.05, 0.1) is 25.4 Å². The van der Waals surface area contributed by atoms with Crippen molar-refractivity contribution in [2.75, 3.05) is 13.2 Å². The Balaban J connectivity index is 3.39. The second-order valence-corrected chi connectivity index (χ2v) is 19.3. The topological polar surface area (TPSA) is 95.9 Å². The van der Waals surface area contributed by atoms with Gasteiger partial charge in [-0.1, -0.05) is 244 Å². The molecule has 372 valence electrons. The SMILES string of the molecule is CCCC/C=C\CCCCCCCC(=O)OCCCCCCCCCCCCCC/C=C\CCCCCCCCCCC(=O)NC(CO)C(O)CCCCCCCCCCCCC. The zero-order valence-electron chi connectivity index (χ0n) is 42.3. The molecule has 2 unspecified atom stereocenters. The fourth-order valence-electron chi connectivity index (χ4n) is 8.62. The lowest BCUT2D eigenvalue weighted by molar-refractivity contribution is -0.143. The first-order valence-corrected chi connectivity index (χ1v) is 28.1. The number of hydrogen-bond acceptors (Lipinski definition) is 5.